The molecule has 10 heteroatoms. The number of phenolic OH excluding ortho intramolecular Hbond substituents is 1. The molecule has 0 aliphatic heterocycles. The van der Waals surface area contributed by atoms with Gasteiger partial charge in [0.1, 0.15) is 5.69 Å². The van der Waals surface area contributed by atoms with Crippen molar-refractivity contribution in [1.82, 2.24) is 10.2 Å². The summed E-state index contributed by atoms with van der Waals surface area (Å²) in [6, 6.07) is 15.7. The normalized spacial score (nSPS) is 11.0. The number of hydrogen-bond donors (Lipinski definition) is 3. The molecule has 0 atom stereocenters. The highest BCUT2D eigenvalue weighted by atomic mass is 35.5. The molecule has 0 radical (unpaired) electrons. The van der Waals surface area contributed by atoms with Gasteiger partial charge in [-0.2, -0.15) is 5.10 Å². The van der Waals surface area contributed by atoms with Gasteiger partial charge in [-0.15, -0.1) is 15.3 Å². The third kappa shape index (κ3) is 4.37. The van der Waals surface area contributed by atoms with Gasteiger partial charge in [0.05, 0.1) is 5.56 Å². The Balaban J connectivity index is 1.75. The van der Waals surface area contributed by atoms with Crippen molar-refractivity contribution in [3.8, 4) is 5.75 Å². The largest absolute Gasteiger partial charge is 0.505 e. The van der Waals surface area contributed by atoms with Crippen molar-refractivity contribution in [2.45, 2.75) is 0 Å². The van der Waals surface area contributed by atoms with Crippen LogP contribution in [0.5, 0.6) is 5.75 Å². The van der Waals surface area contributed by atoms with E-state index >= 15 is 0 Å². The molecule has 3 aromatic carbocycles. The highest BCUT2D eigenvalue weighted by molar-refractivity contribution is 6.31. The highest BCUT2D eigenvalue weighted by Crippen LogP contribution is 2.40. The van der Waals surface area contributed by atoms with Crippen molar-refractivity contribution in [2.24, 2.45) is 16.0 Å². The van der Waals surface area contributed by atoms with Gasteiger partial charge in [0, 0.05) is 27.9 Å². The van der Waals surface area contributed by atoms with Gasteiger partial charge < -0.3 is 16.2 Å². The summed E-state index contributed by atoms with van der Waals surface area (Å²) >= 11 is 6.11. The molecule has 0 saturated carbocycles. The Labute approximate surface area is 186 Å². The second-order valence-corrected chi connectivity index (χ2v) is 7.10. The first-order chi connectivity index (χ1) is 15.4. The van der Waals surface area contributed by atoms with Gasteiger partial charge in [0.2, 0.25) is 5.91 Å². The predicted octanol–water partition coefficient (Wildman–Crippen LogP) is 4.76. The van der Waals surface area contributed by atoms with Crippen LogP contribution in [0.3, 0.4) is 0 Å². The van der Waals surface area contributed by atoms with Gasteiger partial charge in [-0.3, -0.25) is 9.59 Å². The summed E-state index contributed by atoms with van der Waals surface area (Å²) in [7, 11) is 0. The van der Waals surface area contributed by atoms with Crippen molar-refractivity contribution in [1.29, 1.82) is 0 Å². The van der Waals surface area contributed by atoms with Crippen LogP contribution >= 0.6 is 11.6 Å². The SMILES string of the molecule is NC(=O)c1ccc(NC(=O)c2cc3cc(Cl)ccc3c(N=Nc3cccnn3)c2O)cc1. The standard InChI is InChI=1S/C22H15ClN6O3/c23-14-5-8-16-13(10-14)11-17(20(30)19(16)29-28-18-2-1-9-25-27-18)22(32)26-15-6-3-12(4-7-15)21(24)31/h1-11,30H,(H2,24,31)(H,26,32). The van der Waals surface area contributed by atoms with Gasteiger partial charge in [0.15, 0.2) is 11.6 Å². The first-order valence-electron chi connectivity index (χ1n) is 9.28. The summed E-state index contributed by atoms with van der Waals surface area (Å²) in [5.41, 5.74) is 5.99. The van der Waals surface area contributed by atoms with E-state index in [9.17, 15) is 14.7 Å². The van der Waals surface area contributed by atoms with E-state index in [-0.39, 0.29) is 22.8 Å². The van der Waals surface area contributed by atoms with Crippen LogP contribution in [-0.4, -0.2) is 27.1 Å². The van der Waals surface area contributed by atoms with E-state index < -0.39 is 11.8 Å². The Bertz CT molecular complexity index is 1360. The lowest BCUT2D eigenvalue weighted by Crippen LogP contribution is -2.13. The molecular weight excluding hydrogens is 432 g/mol. The van der Waals surface area contributed by atoms with Crippen molar-refractivity contribution in [3.63, 3.8) is 0 Å². The van der Waals surface area contributed by atoms with Crippen LogP contribution in [0.15, 0.2) is 77.1 Å². The summed E-state index contributed by atoms with van der Waals surface area (Å²) < 4.78 is 0. The Morgan fingerprint density at radius 1 is 1.03 bits per heavy atom. The number of nitrogens with one attached hydrogen (secondary N) is 1. The number of halogens is 1. The van der Waals surface area contributed by atoms with Crippen LogP contribution in [0.4, 0.5) is 17.2 Å². The number of phenols is 1. The van der Waals surface area contributed by atoms with E-state index in [4.69, 9.17) is 17.3 Å². The minimum atomic E-state index is -0.591. The molecule has 0 fully saturated rings. The second-order valence-electron chi connectivity index (χ2n) is 6.66. The molecule has 0 unspecified atom stereocenters. The lowest BCUT2D eigenvalue weighted by molar-refractivity contribution is 0.0998. The molecule has 0 saturated heterocycles. The number of azo groups is 1. The fraction of sp³-hybridized carbons (Fsp3) is 0. The lowest BCUT2D eigenvalue weighted by Gasteiger charge is -2.11. The molecular formula is C22H15ClN6O3. The Kier molecular flexibility index (Phi) is 5.73. The topological polar surface area (TPSA) is 143 Å². The summed E-state index contributed by atoms with van der Waals surface area (Å²) in [4.78, 5) is 24.1. The molecule has 0 aliphatic carbocycles. The summed E-state index contributed by atoms with van der Waals surface area (Å²) in [5, 5.41) is 30.8. The highest BCUT2D eigenvalue weighted by Gasteiger charge is 2.19. The van der Waals surface area contributed by atoms with Crippen LogP contribution in [0.25, 0.3) is 10.8 Å². The van der Waals surface area contributed by atoms with Gasteiger partial charge in [-0.1, -0.05) is 17.7 Å². The smallest absolute Gasteiger partial charge is 0.259 e. The van der Waals surface area contributed by atoms with Crippen molar-refractivity contribution in [2.75, 3.05) is 5.32 Å². The fourth-order valence-electron chi connectivity index (χ4n) is 2.99. The van der Waals surface area contributed by atoms with E-state index in [1.165, 1.54) is 36.5 Å². The average Bonchev–Trinajstić information content (AvgIpc) is 2.79. The number of carbonyl (C=O) groups excluding carboxylic acids is 2. The quantitative estimate of drug-likeness (QED) is 0.379. The summed E-state index contributed by atoms with van der Waals surface area (Å²) in [6.07, 6.45) is 1.49. The first kappa shape index (κ1) is 20.9. The number of carbonyl (C=O) groups is 2. The Morgan fingerprint density at radius 3 is 2.50 bits per heavy atom. The maximum atomic E-state index is 12.9. The zero-order valence-corrected chi connectivity index (χ0v) is 17.1. The molecule has 1 aromatic heterocycles. The lowest BCUT2D eigenvalue weighted by atomic mass is 10.0. The molecule has 0 spiro atoms. The van der Waals surface area contributed by atoms with E-state index in [0.29, 0.717) is 27.0 Å². The number of primary amides is 1. The average molecular weight is 447 g/mol. The van der Waals surface area contributed by atoms with Gasteiger partial charge in [-0.25, -0.2) is 0 Å². The fourth-order valence-corrected chi connectivity index (χ4v) is 3.17. The monoisotopic (exact) mass is 446 g/mol. The first-order valence-corrected chi connectivity index (χ1v) is 9.66. The van der Waals surface area contributed by atoms with E-state index in [0.717, 1.165) is 0 Å². The minimum Gasteiger partial charge on any atom is -0.505 e. The predicted molar refractivity (Wildman–Crippen MR) is 120 cm³/mol. The number of benzene rings is 3. The van der Waals surface area contributed by atoms with Crippen molar-refractivity contribution < 1.29 is 14.7 Å². The maximum Gasteiger partial charge on any atom is 0.259 e. The van der Waals surface area contributed by atoms with Gasteiger partial charge in [-0.05, 0) is 60.0 Å². The van der Waals surface area contributed by atoms with Crippen LogP contribution in [-0.2, 0) is 0 Å². The number of rotatable bonds is 5. The van der Waals surface area contributed by atoms with Crippen LogP contribution in [0, 0.1) is 0 Å². The Morgan fingerprint density at radius 2 is 1.81 bits per heavy atom. The molecule has 4 aromatic rings. The van der Waals surface area contributed by atoms with E-state index in [1.807, 2.05) is 0 Å². The Hall–Kier alpha value is -4.37. The van der Waals surface area contributed by atoms with E-state index in [2.05, 4.69) is 25.7 Å². The number of hydrogen-bond acceptors (Lipinski definition) is 7. The molecule has 0 bridgehead atoms. The molecule has 2 amide bonds. The third-order valence-corrected chi connectivity index (χ3v) is 4.77. The molecule has 4 rings (SSSR count). The zero-order valence-electron chi connectivity index (χ0n) is 16.4. The molecule has 4 N–H and O–H groups in total. The summed E-state index contributed by atoms with van der Waals surface area (Å²) in [6.45, 7) is 0. The number of nitrogens with two attached hydrogens (primary N) is 1. The molecule has 32 heavy (non-hydrogen) atoms. The van der Waals surface area contributed by atoms with Crippen molar-refractivity contribution in [3.05, 3.63) is 83.0 Å². The van der Waals surface area contributed by atoms with Crippen LogP contribution in [0.1, 0.15) is 20.7 Å². The minimum absolute atomic E-state index is 0.0353. The number of aromatic hydroxyl groups is 1. The number of aromatic nitrogens is 2. The van der Waals surface area contributed by atoms with Crippen molar-refractivity contribution >= 4 is 51.4 Å². The zero-order chi connectivity index (χ0) is 22.7. The third-order valence-electron chi connectivity index (χ3n) is 4.53. The van der Waals surface area contributed by atoms with Crippen LogP contribution < -0.4 is 11.1 Å². The maximum absolute atomic E-state index is 12.9. The number of fused-ring (bicyclic) bond motifs is 1. The molecule has 158 valence electrons. The summed E-state index contributed by atoms with van der Waals surface area (Å²) in [5.74, 6) is -1.30. The van der Waals surface area contributed by atoms with Gasteiger partial charge in [0.25, 0.3) is 5.91 Å². The molecule has 0 aliphatic rings. The van der Waals surface area contributed by atoms with Crippen LogP contribution in [0.2, 0.25) is 5.02 Å². The number of nitrogens with zero attached hydrogens (tertiary/aromatic N) is 4. The van der Waals surface area contributed by atoms with Gasteiger partial charge >= 0.3 is 0 Å². The molecule has 9 nitrogen and oxygen atoms in total. The second kappa shape index (κ2) is 8.78. The molecule has 1 heterocycles. The number of anilines is 1. The van der Waals surface area contributed by atoms with E-state index in [1.54, 1.807) is 30.3 Å². The number of amides is 2.